The van der Waals surface area contributed by atoms with E-state index in [-0.39, 0.29) is 23.5 Å². The van der Waals surface area contributed by atoms with Crippen molar-refractivity contribution in [2.24, 2.45) is 13.0 Å². The molecule has 2 amide bonds. The molecule has 0 radical (unpaired) electrons. The smallest absolute Gasteiger partial charge is 0.317 e. The lowest BCUT2D eigenvalue weighted by Gasteiger charge is -2.33. The second kappa shape index (κ2) is 6.51. The van der Waals surface area contributed by atoms with Crippen molar-refractivity contribution >= 4 is 15.9 Å². The summed E-state index contributed by atoms with van der Waals surface area (Å²) in [5, 5.41) is 7.12. The Bertz CT molecular complexity index is 670. The minimum Gasteiger partial charge on any atom is -0.338 e. The number of piperidine rings is 1. The second-order valence-corrected chi connectivity index (χ2v) is 8.85. The topological polar surface area (TPSA) is 84.3 Å². The van der Waals surface area contributed by atoms with Gasteiger partial charge in [-0.1, -0.05) is 0 Å². The number of urea groups is 1. The molecule has 3 heterocycles. The summed E-state index contributed by atoms with van der Waals surface area (Å²) < 4.78 is 24.8. The number of amides is 2. The Morgan fingerprint density at radius 2 is 2.26 bits per heavy atom. The SMILES string of the molecule is Cn1nccc1C1CCCN(C(=O)NCC2CCS(=O)(=O)C2)C1. The third-order valence-electron chi connectivity index (χ3n) is 4.85. The first-order chi connectivity index (χ1) is 10.9. The average Bonchev–Trinajstić information content (AvgIpc) is 3.10. The van der Waals surface area contributed by atoms with E-state index in [1.165, 1.54) is 0 Å². The van der Waals surface area contributed by atoms with E-state index in [0.717, 1.165) is 25.1 Å². The van der Waals surface area contributed by atoms with Crippen LogP contribution in [0.15, 0.2) is 12.3 Å². The highest BCUT2D eigenvalue weighted by Crippen LogP contribution is 2.26. The molecule has 0 saturated carbocycles. The average molecular weight is 340 g/mol. The van der Waals surface area contributed by atoms with Crippen LogP contribution >= 0.6 is 0 Å². The van der Waals surface area contributed by atoms with Gasteiger partial charge in [-0.25, -0.2) is 13.2 Å². The van der Waals surface area contributed by atoms with E-state index >= 15 is 0 Å². The molecule has 7 nitrogen and oxygen atoms in total. The first kappa shape index (κ1) is 16.3. The van der Waals surface area contributed by atoms with Gasteiger partial charge in [0.1, 0.15) is 0 Å². The summed E-state index contributed by atoms with van der Waals surface area (Å²) >= 11 is 0. The number of sulfone groups is 1. The predicted molar refractivity (Wildman–Crippen MR) is 86.9 cm³/mol. The van der Waals surface area contributed by atoms with Gasteiger partial charge in [0, 0.05) is 44.5 Å². The first-order valence-corrected chi connectivity index (χ1v) is 9.98. The molecule has 1 aromatic heterocycles. The Kier molecular flexibility index (Phi) is 4.61. The van der Waals surface area contributed by atoms with Crippen LogP contribution in [-0.4, -0.2) is 60.3 Å². The number of aryl methyl sites for hydroxylation is 1. The van der Waals surface area contributed by atoms with E-state index in [0.29, 0.717) is 25.4 Å². The van der Waals surface area contributed by atoms with Crippen LogP contribution in [0.2, 0.25) is 0 Å². The van der Waals surface area contributed by atoms with Crippen molar-refractivity contribution in [1.29, 1.82) is 0 Å². The van der Waals surface area contributed by atoms with Gasteiger partial charge in [-0.05, 0) is 31.2 Å². The standard InChI is InChI=1S/C15H24N4O3S/c1-18-14(4-6-17-18)13-3-2-7-19(10-13)15(20)16-9-12-5-8-23(21,22)11-12/h4,6,12-13H,2-3,5,7-11H2,1H3,(H,16,20). The number of carbonyl (C=O) groups excluding carboxylic acids is 1. The van der Waals surface area contributed by atoms with E-state index < -0.39 is 9.84 Å². The van der Waals surface area contributed by atoms with Crippen molar-refractivity contribution in [3.8, 4) is 0 Å². The normalized spacial score (nSPS) is 27.1. The number of nitrogens with zero attached hydrogens (tertiary/aromatic N) is 3. The molecule has 0 aliphatic carbocycles. The molecule has 2 atom stereocenters. The summed E-state index contributed by atoms with van der Waals surface area (Å²) in [7, 11) is -0.961. The van der Waals surface area contributed by atoms with E-state index in [1.807, 2.05) is 22.7 Å². The largest absolute Gasteiger partial charge is 0.338 e. The maximum absolute atomic E-state index is 12.4. The van der Waals surface area contributed by atoms with Crippen LogP contribution in [0.25, 0.3) is 0 Å². The first-order valence-electron chi connectivity index (χ1n) is 8.16. The Hall–Kier alpha value is -1.57. The number of hydrogen-bond acceptors (Lipinski definition) is 4. The lowest BCUT2D eigenvalue weighted by molar-refractivity contribution is 0.177. The van der Waals surface area contributed by atoms with Crippen LogP contribution in [0.1, 0.15) is 30.9 Å². The molecule has 2 unspecified atom stereocenters. The Labute approximate surface area is 137 Å². The molecule has 128 valence electrons. The molecule has 2 aliphatic rings. The maximum atomic E-state index is 12.4. The van der Waals surface area contributed by atoms with E-state index in [4.69, 9.17) is 0 Å². The Morgan fingerprint density at radius 1 is 1.43 bits per heavy atom. The van der Waals surface area contributed by atoms with Gasteiger partial charge in [0.15, 0.2) is 9.84 Å². The molecule has 2 aliphatic heterocycles. The fourth-order valence-electron chi connectivity index (χ4n) is 3.56. The molecule has 8 heteroatoms. The van der Waals surface area contributed by atoms with Crippen molar-refractivity contribution in [1.82, 2.24) is 20.0 Å². The highest BCUT2D eigenvalue weighted by molar-refractivity contribution is 7.91. The summed E-state index contributed by atoms with van der Waals surface area (Å²) in [5.41, 5.74) is 1.16. The number of rotatable bonds is 3. The van der Waals surface area contributed by atoms with Crippen LogP contribution in [0, 0.1) is 5.92 Å². The number of likely N-dealkylation sites (tertiary alicyclic amines) is 1. The van der Waals surface area contributed by atoms with Crippen molar-refractivity contribution in [3.63, 3.8) is 0 Å². The summed E-state index contributed by atoms with van der Waals surface area (Å²) in [6, 6.07) is 1.93. The fourth-order valence-corrected chi connectivity index (χ4v) is 5.43. The minimum absolute atomic E-state index is 0.0570. The third kappa shape index (κ3) is 3.85. The molecule has 0 spiro atoms. The number of nitrogens with one attached hydrogen (secondary N) is 1. The van der Waals surface area contributed by atoms with Crippen LogP contribution in [0.5, 0.6) is 0 Å². The molecule has 1 aromatic rings. The van der Waals surface area contributed by atoms with Crippen molar-refractivity contribution in [2.75, 3.05) is 31.1 Å². The van der Waals surface area contributed by atoms with Crippen LogP contribution in [0.3, 0.4) is 0 Å². The van der Waals surface area contributed by atoms with Gasteiger partial charge in [0.05, 0.1) is 11.5 Å². The zero-order chi connectivity index (χ0) is 16.4. The van der Waals surface area contributed by atoms with Crippen LogP contribution in [0.4, 0.5) is 4.79 Å². The lowest BCUT2D eigenvalue weighted by Crippen LogP contribution is -2.46. The van der Waals surface area contributed by atoms with E-state index in [1.54, 1.807) is 6.20 Å². The third-order valence-corrected chi connectivity index (χ3v) is 6.69. The Morgan fingerprint density at radius 3 is 2.91 bits per heavy atom. The molecule has 0 aromatic carbocycles. The molecule has 2 saturated heterocycles. The number of hydrogen-bond donors (Lipinski definition) is 1. The number of aromatic nitrogens is 2. The summed E-state index contributed by atoms with van der Waals surface area (Å²) in [4.78, 5) is 14.2. The molecular formula is C15H24N4O3S. The highest BCUT2D eigenvalue weighted by Gasteiger charge is 2.30. The van der Waals surface area contributed by atoms with Gasteiger partial charge in [-0.15, -0.1) is 0 Å². The molecular weight excluding hydrogens is 316 g/mol. The van der Waals surface area contributed by atoms with Crippen molar-refractivity contribution < 1.29 is 13.2 Å². The zero-order valence-electron chi connectivity index (χ0n) is 13.4. The quantitative estimate of drug-likeness (QED) is 0.880. The molecule has 2 fully saturated rings. The lowest BCUT2D eigenvalue weighted by atomic mass is 9.95. The van der Waals surface area contributed by atoms with Crippen molar-refractivity contribution in [3.05, 3.63) is 18.0 Å². The van der Waals surface area contributed by atoms with Gasteiger partial charge < -0.3 is 10.2 Å². The maximum Gasteiger partial charge on any atom is 0.317 e. The molecule has 23 heavy (non-hydrogen) atoms. The summed E-state index contributed by atoms with van der Waals surface area (Å²) in [6.07, 6.45) is 4.47. The predicted octanol–water partition coefficient (Wildman–Crippen LogP) is 0.744. The zero-order valence-corrected chi connectivity index (χ0v) is 14.3. The van der Waals surface area contributed by atoms with Crippen LogP contribution in [-0.2, 0) is 16.9 Å². The summed E-state index contributed by atoms with van der Waals surface area (Å²) in [5.74, 6) is 0.820. The van der Waals surface area contributed by atoms with E-state index in [2.05, 4.69) is 10.4 Å². The molecule has 3 rings (SSSR count). The van der Waals surface area contributed by atoms with E-state index in [9.17, 15) is 13.2 Å². The van der Waals surface area contributed by atoms with Crippen LogP contribution < -0.4 is 5.32 Å². The second-order valence-electron chi connectivity index (χ2n) is 6.62. The van der Waals surface area contributed by atoms with Gasteiger partial charge in [-0.3, -0.25) is 4.68 Å². The fraction of sp³-hybridized carbons (Fsp3) is 0.733. The van der Waals surface area contributed by atoms with Gasteiger partial charge >= 0.3 is 6.03 Å². The van der Waals surface area contributed by atoms with Gasteiger partial charge in [0.25, 0.3) is 0 Å². The molecule has 1 N–H and O–H groups in total. The number of carbonyl (C=O) groups is 1. The highest BCUT2D eigenvalue weighted by atomic mass is 32.2. The summed E-state index contributed by atoms with van der Waals surface area (Å²) in [6.45, 7) is 1.89. The van der Waals surface area contributed by atoms with Crippen molar-refractivity contribution in [2.45, 2.75) is 25.2 Å². The van der Waals surface area contributed by atoms with Gasteiger partial charge in [-0.2, -0.15) is 5.10 Å². The minimum atomic E-state index is -2.89. The van der Waals surface area contributed by atoms with Gasteiger partial charge in [0.2, 0.25) is 0 Å². The Balaban J connectivity index is 1.52. The molecule has 0 bridgehead atoms. The monoisotopic (exact) mass is 340 g/mol.